The van der Waals surface area contributed by atoms with Gasteiger partial charge in [0.05, 0.1) is 5.71 Å². The van der Waals surface area contributed by atoms with Gasteiger partial charge in [-0.25, -0.2) is 5.43 Å². The van der Waals surface area contributed by atoms with Crippen molar-refractivity contribution in [3.63, 3.8) is 0 Å². The van der Waals surface area contributed by atoms with Crippen LogP contribution in [0.3, 0.4) is 0 Å². The largest absolute Gasteiger partial charge is 0.341 e. The van der Waals surface area contributed by atoms with E-state index in [2.05, 4.69) is 41.0 Å². The van der Waals surface area contributed by atoms with Gasteiger partial charge in [-0.1, -0.05) is 30.3 Å². The molecule has 0 radical (unpaired) electrons. The molecule has 0 saturated carbocycles. The van der Waals surface area contributed by atoms with E-state index < -0.39 is 0 Å². The fourth-order valence-corrected chi connectivity index (χ4v) is 3.38. The van der Waals surface area contributed by atoms with E-state index in [1.165, 1.54) is 6.92 Å². The maximum absolute atomic E-state index is 11.2. The van der Waals surface area contributed by atoms with E-state index in [9.17, 15) is 4.79 Å². The second-order valence-corrected chi connectivity index (χ2v) is 7.54. The molecule has 2 heterocycles. The van der Waals surface area contributed by atoms with Crippen molar-refractivity contribution in [2.75, 3.05) is 34.0 Å². The highest BCUT2D eigenvalue weighted by Crippen LogP contribution is 2.21. The Kier molecular flexibility index (Phi) is 6.54. The number of aromatic nitrogens is 3. The van der Waals surface area contributed by atoms with Crippen molar-refractivity contribution in [1.29, 1.82) is 0 Å². The van der Waals surface area contributed by atoms with Crippen molar-refractivity contribution in [3.8, 4) is 0 Å². The summed E-state index contributed by atoms with van der Waals surface area (Å²) in [7, 11) is 0. The zero-order valence-corrected chi connectivity index (χ0v) is 18.2. The van der Waals surface area contributed by atoms with Gasteiger partial charge in [0.2, 0.25) is 23.8 Å². The summed E-state index contributed by atoms with van der Waals surface area (Å²) in [4.78, 5) is 27.0. The van der Waals surface area contributed by atoms with Gasteiger partial charge >= 0.3 is 0 Å². The quantitative estimate of drug-likeness (QED) is 0.384. The zero-order valence-electron chi connectivity index (χ0n) is 18.2. The Morgan fingerprint density at radius 3 is 2.25 bits per heavy atom. The first-order valence-corrected chi connectivity index (χ1v) is 10.6. The fraction of sp³-hybridized carbons (Fsp3) is 0.261. The van der Waals surface area contributed by atoms with Crippen LogP contribution in [0.2, 0.25) is 0 Å². The Morgan fingerprint density at radius 2 is 1.56 bits per heavy atom. The normalized spacial score (nSPS) is 13.7. The van der Waals surface area contributed by atoms with Crippen LogP contribution in [0.5, 0.6) is 0 Å². The van der Waals surface area contributed by atoms with Gasteiger partial charge in [-0.2, -0.15) is 20.1 Å². The van der Waals surface area contributed by atoms with Gasteiger partial charge in [-0.05, 0) is 49.6 Å². The number of amides is 1. The molecule has 9 nitrogen and oxygen atoms in total. The molecule has 0 aliphatic carbocycles. The van der Waals surface area contributed by atoms with Crippen LogP contribution in [-0.2, 0) is 4.79 Å². The molecular formula is C23H26N8O. The summed E-state index contributed by atoms with van der Waals surface area (Å²) >= 11 is 0. The summed E-state index contributed by atoms with van der Waals surface area (Å²) < 4.78 is 0. The highest BCUT2D eigenvalue weighted by Gasteiger charge is 2.17. The van der Waals surface area contributed by atoms with Gasteiger partial charge < -0.3 is 15.5 Å². The van der Waals surface area contributed by atoms with Gasteiger partial charge in [0.1, 0.15) is 0 Å². The first-order valence-electron chi connectivity index (χ1n) is 10.6. The Balaban J connectivity index is 1.54. The van der Waals surface area contributed by atoms with Gasteiger partial charge in [-0.15, -0.1) is 0 Å². The van der Waals surface area contributed by atoms with Gasteiger partial charge in [0, 0.05) is 31.4 Å². The van der Waals surface area contributed by atoms with E-state index >= 15 is 0 Å². The summed E-state index contributed by atoms with van der Waals surface area (Å²) in [5, 5.41) is 10.4. The molecule has 164 valence electrons. The number of hydrogen-bond donors (Lipinski definition) is 3. The minimum Gasteiger partial charge on any atom is -0.341 e. The van der Waals surface area contributed by atoms with E-state index in [-0.39, 0.29) is 5.91 Å². The molecule has 4 rings (SSSR count). The molecule has 3 aromatic rings. The number of benzene rings is 2. The van der Waals surface area contributed by atoms with Crippen LogP contribution in [0.15, 0.2) is 59.7 Å². The number of rotatable bonds is 7. The third kappa shape index (κ3) is 5.57. The van der Waals surface area contributed by atoms with Crippen molar-refractivity contribution in [1.82, 2.24) is 15.0 Å². The smallest absolute Gasteiger partial charge is 0.250 e. The SMILES string of the molecule is CC(=O)Nc1ccc(/C(C)=N\Nc2nc(Nc3ccccc3)nc(N3CCCC3)n2)cc1. The van der Waals surface area contributed by atoms with Crippen LogP contribution < -0.4 is 21.0 Å². The highest BCUT2D eigenvalue weighted by molar-refractivity contribution is 5.99. The molecule has 1 saturated heterocycles. The Hall–Kier alpha value is -4.01. The lowest BCUT2D eigenvalue weighted by atomic mass is 10.1. The molecule has 0 spiro atoms. The molecule has 32 heavy (non-hydrogen) atoms. The van der Waals surface area contributed by atoms with Crippen LogP contribution in [-0.4, -0.2) is 39.7 Å². The van der Waals surface area contributed by atoms with Crippen LogP contribution in [0.1, 0.15) is 32.3 Å². The van der Waals surface area contributed by atoms with Crippen LogP contribution in [0.25, 0.3) is 0 Å². The number of hydrazone groups is 1. The van der Waals surface area contributed by atoms with Gasteiger partial charge in [0.15, 0.2) is 0 Å². The molecule has 9 heteroatoms. The zero-order chi connectivity index (χ0) is 22.3. The molecule has 1 fully saturated rings. The Labute approximate surface area is 187 Å². The lowest BCUT2D eigenvalue weighted by Gasteiger charge is -2.16. The number of para-hydroxylation sites is 1. The monoisotopic (exact) mass is 430 g/mol. The third-order valence-electron chi connectivity index (χ3n) is 4.99. The minimum atomic E-state index is -0.103. The van der Waals surface area contributed by atoms with Crippen LogP contribution >= 0.6 is 0 Å². The summed E-state index contributed by atoms with van der Waals surface area (Å²) in [6.07, 6.45) is 2.25. The lowest BCUT2D eigenvalue weighted by molar-refractivity contribution is -0.114. The van der Waals surface area contributed by atoms with E-state index in [0.717, 1.165) is 48.6 Å². The highest BCUT2D eigenvalue weighted by atomic mass is 16.1. The molecule has 1 aliphatic rings. The molecular weight excluding hydrogens is 404 g/mol. The summed E-state index contributed by atoms with van der Waals surface area (Å²) in [5.74, 6) is 1.36. The fourth-order valence-electron chi connectivity index (χ4n) is 3.38. The number of carbonyl (C=O) groups is 1. The minimum absolute atomic E-state index is 0.103. The topological polar surface area (TPSA) is 107 Å². The van der Waals surface area contributed by atoms with Crippen LogP contribution in [0, 0.1) is 0 Å². The molecule has 0 atom stereocenters. The van der Waals surface area contributed by atoms with E-state index in [1.807, 2.05) is 61.5 Å². The summed E-state index contributed by atoms with van der Waals surface area (Å²) in [5.41, 5.74) is 6.29. The number of nitrogens with zero attached hydrogens (tertiary/aromatic N) is 5. The molecule has 2 aromatic carbocycles. The predicted molar refractivity (Wildman–Crippen MR) is 128 cm³/mol. The van der Waals surface area contributed by atoms with E-state index in [1.54, 1.807) is 0 Å². The Morgan fingerprint density at radius 1 is 0.875 bits per heavy atom. The molecule has 0 unspecified atom stereocenters. The molecule has 1 aliphatic heterocycles. The maximum atomic E-state index is 11.2. The van der Waals surface area contributed by atoms with Crippen molar-refractivity contribution >= 4 is 40.8 Å². The average molecular weight is 431 g/mol. The first-order chi connectivity index (χ1) is 15.6. The number of anilines is 5. The molecule has 1 amide bonds. The predicted octanol–water partition coefficient (Wildman–Crippen LogP) is 4.01. The Bertz CT molecular complexity index is 1090. The molecule has 1 aromatic heterocycles. The second-order valence-electron chi connectivity index (χ2n) is 7.54. The third-order valence-corrected chi connectivity index (χ3v) is 4.99. The van der Waals surface area contributed by atoms with E-state index in [0.29, 0.717) is 17.8 Å². The number of nitrogens with one attached hydrogen (secondary N) is 3. The van der Waals surface area contributed by atoms with Crippen molar-refractivity contribution in [2.24, 2.45) is 5.10 Å². The molecule has 0 bridgehead atoms. The van der Waals surface area contributed by atoms with Crippen molar-refractivity contribution in [2.45, 2.75) is 26.7 Å². The van der Waals surface area contributed by atoms with Gasteiger partial charge in [-0.3, -0.25) is 4.79 Å². The first kappa shape index (κ1) is 21.2. The van der Waals surface area contributed by atoms with Crippen LogP contribution in [0.4, 0.5) is 29.2 Å². The number of hydrogen-bond acceptors (Lipinski definition) is 8. The summed E-state index contributed by atoms with van der Waals surface area (Å²) in [6.45, 7) is 5.23. The number of carbonyl (C=O) groups excluding carboxylic acids is 1. The average Bonchev–Trinajstić information content (AvgIpc) is 3.33. The molecule has 3 N–H and O–H groups in total. The standard InChI is InChI=1S/C23H26N8O/c1-16(18-10-12-20(13-11-18)24-17(2)32)29-30-22-26-21(25-19-8-4-3-5-9-19)27-23(28-22)31-14-6-7-15-31/h3-5,8-13H,6-7,14-15H2,1-2H3,(H,24,32)(H2,25,26,27,28,30)/b29-16-. The van der Waals surface area contributed by atoms with E-state index in [4.69, 9.17) is 0 Å². The van der Waals surface area contributed by atoms with Gasteiger partial charge in [0.25, 0.3) is 0 Å². The second kappa shape index (κ2) is 9.86. The van der Waals surface area contributed by atoms with Crippen molar-refractivity contribution < 1.29 is 4.79 Å². The lowest BCUT2D eigenvalue weighted by Crippen LogP contribution is -2.22. The maximum Gasteiger partial charge on any atom is 0.250 e. The van der Waals surface area contributed by atoms with Crippen molar-refractivity contribution in [3.05, 3.63) is 60.2 Å². The summed E-state index contributed by atoms with van der Waals surface area (Å²) in [6, 6.07) is 17.3.